The summed E-state index contributed by atoms with van der Waals surface area (Å²) in [7, 11) is 0. The Kier molecular flexibility index (Phi) is 5.55. The highest BCUT2D eigenvalue weighted by molar-refractivity contribution is 5.94. The number of carbonyl (C=O) groups is 3. The van der Waals surface area contributed by atoms with Crippen LogP contribution in [-0.4, -0.2) is 17.3 Å². The molecule has 0 bridgehead atoms. The van der Waals surface area contributed by atoms with Crippen LogP contribution in [0.3, 0.4) is 0 Å². The molecular weight excluding hydrogens is 420 g/mol. The zero-order valence-corrected chi connectivity index (χ0v) is 20.8. The second-order valence-corrected chi connectivity index (χ2v) is 11.0. The molecule has 0 heterocycles. The highest BCUT2D eigenvalue weighted by Gasteiger charge is 2.64. The molecule has 34 heavy (non-hydrogen) atoms. The molecule has 0 N–H and O–H groups in total. The molecule has 2 saturated carbocycles. The van der Waals surface area contributed by atoms with Crippen molar-refractivity contribution in [1.29, 1.82) is 0 Å². The molecule has 5 rings (SSSR count). The Bertz CT molecular complexity index is 1200. The SMILES string of the molecule is CC#C[C@]1(C(C)=O)CCC2C3CCC4=CC(=O)CCC4=C3C(c3ccc(C(C)=O)cc3)CC21C. The first-order chi connectivity index (χ1) is 16.2. The first kappa shape index (κ1) is 23.0. The number of benzene rings is 1. The number of Topliss-reactive ketones (excluding diaryl/α,β-unsaturated/α-hetero) is 2. The number of rotatable bonds is 3. The molecule has 0 spiro atoms. The Balaban J connectivity index is 1.70. The molecular formula is C31H34O3. The lowest BCUT2D eigenvalue weighted by Crippen LogP contribution is -2.50. The molecule has 1 aromatic carbocycles. The van der Waals surface area contributed by atoms with Crippen LogP contribution >= 0.6 is 0 Å². The predicted octanol–water partition coefficient (Wildman–Crippen LogP) is 6.39. The van der Waals surface area contributed by atoms with Crippen molar-refractivity contribution in [1.82, 2.24) is 0 Å². The average Bonchev–Trinajstić information content (AvgIpc) is 3.11. The second kappa shape index (κ2) is 8.19. The number of hydrogen-bond donors (Lipinski definition) is 0. The van der Waals surface area contributed by atoms with E-state index in [0.29, 0.717) is 18.3 Å². The highest BCUT2D eigenvalue weighted by atomic mass is 16.1. The molecule has 4 unspecified atom stereocenters. The van der Waals surface area contributed by atoms with Gasteiger partial charge in [-0.15, -0.1) is 5.92 Å². The van der Waals surface area contributed by atoms with Crippen LogP contribution < -0.4 is 0 Å². The molecule has 3 heteroatoms. The van der Waals surface area contributed by atoms with E-state index < -0.39 is 5.41 Å². The minimum atomic E-state index is -0.598. The number of allylic oxidation sites excluding steroid dienone is 4. The molecule has 0 saturated heterocycles. The summed E-state index contributed by atoms with van der Waals surface area (Å²) in [6.45, 7) is 7.51. The van der Waals surface area contributed by atoms with Crippen molar-refractivity contribution >= 4 is 17.3 Å². The maximum absolute atomic E-state index is 13.2. The zero-order valence-electron chi connectivity index (χ0n) is 20.8. The normalized spacial score (nSPS) is 34.3. The van der Waals surface area contributed by atoms with Gasteiger partial charge in [0.25, 0.3) is 0 Å². The Morgan fingerprint density at radius 3 is 2.41 bits per heavy atom. The molecule has 0 aliphatic heterocycles. The molecule has 5 atom stereocenters. The Hall–Kier alpha value is -2.73. The van der Waals surface area contributed by atoms with Crippen LogP contribution in [0.1, 0.15) is 94.5 Å². The van der Waals surface area contributed by atoms with E-state index in [1.807, 2.05) is 25.1 Å². The lowest BCUT2D eigenvalue weighted by Gasteiger charge is -2.54. The van der Waals surface area contributed by atoms with Crippen molar-refractivity contribution in [2.45, 2.75) is 78.6 Å². The zero-order chi connectivity index (χ0) is 24.3. The summed E-state index contributed by atoms with van der Waals surface area (Å²) in [6, 6.07) is 8.10. The van der Waals surface area contributed by atoms with Crippen LogP contribution in [0.15, 0.2) is 47.1 Å². The van der Waals surface area contributed by atoms with Gasteiger partial charge in [-0.25, -0.2) is 0 Å². The van der Waals surface area contributed by atoms with Crippen molar-refractivity contribution in [2.75, 3.05) is 0 Å². The second-order valence-electron chi connectivity index (χ2n) is 11.0. The van der Waals surface area contributed by atoms with Gasteiger partial charge in [-0.1, -0.05) is 42.7 Å². The van der Waals surface area contributed by atoms with E-state index in [9.17, 15) is 14.4 Å². The van der Waals surface area contributed by atoms with Crippen molar-refractivity contribution < 1.29 is 14.4 Å². The van der Waals surface area contributed by atoms with Crippen LogP contribution in [0.25, 0.3) is 0 Å². The number of fused-ring (bicyclic) bond motifs is 4. The van der Waals surface area contributed by atoms with Gasteiger partial charge in [-0.05, 0) is 99.3 Å². The van der Waals surface area contributed by atoms with Gasteiger partial charge >= 0.3 is 0 Å². The standard InChI is InChI=1S/C31H34O3/c1-5-15-31(20(3)33)16-14-28-26-12-10-23-17-24(34)11-13-25(23)29(26)27(18-30(28,31)4)22-8-6-21(7-9-22)19(2)32/h6-9,17,26-28H,10-14,16,18H2,1-4H3/t26?,27?,28?,30?,31-/m1/s1. The van der Waals surface area contributed by atoms with E-state index >= 15 is 0 Å². The molecule has 0 radical (unpaired) electrons. The maximum Gasteiger partial charge on any atom is 0.159 e. The van der Waals surface area contributed by atoms with Gasteiger partial charge in [0.1, 0.15) is 5.78 Å². The Morgan fingerprint density at radius 2 is 1.76 bits per heavy atom. The van der Waals surface area contributed by atoms with Crippen LogP contribution in [0.4, 0.5) is 0 Å². The first-order valence-corrected chi connectivity index (χ1v) is 12.7. The minimum Gasteiger partial charge on any atom is -0.298 e. The summed E-state index contributed by atoms with van der Waals surface area (Å²) in [6.07, 6.45) is 8.03. The van der Waals surface area contributed by atoms with Gasteiger partial charge in [0.15, 0.2) is 11.6 Å². The summed E-state index contributed by atoms with van der Waals surface area (Å²) >= 11 is 0. The van der Waals surface area contributed by atoms with E-state index in [2.05, 4.69) is 30.9 Å². The molecule has 2 fully saturated rings. The molecule has 0 amide bonds. The fraction of sp³-hybridized carbons (Fsp3) is 0.516. The van der Waals surface area contributed by atoms with Crippen molar-refractivity contribution in [2.24, 2.45) is 22.7 Å². The summed E-state index contributed by atoms with van der Waals surface area (Å²) in [4.78, 5) is 37.3. The van der Waals surface area contributed by atoms with Gasteiger partial charge in [0.2, 0.25) is 0 Å². The van der Waals surface area contributed by atoms with Crippen LogP contribution in [0.2, 0.25) is 0 Å². The molecule has 3 nitrogen and oxygen atoms in total. The van der Waals surface area contributed by atoms with Crippen LogP contribution in [0.5, 0.6) is 0 Å². The first-order valence-electron chi connectivity index (χ1n) is 12.7. The summed E-state index contributed by atoms with van der Waals surface area (Å²) in [5.74, 6) is 8.08. The summed E-state index contributed by atoms with van der Waals surface area (Å²) in [5.41, 5.74) is 5.28. The van der Waals surface area contributed by atoms with Gasteiger partial charge in [0, 0.05) is 17.9 Å². The van der Waals surface area contributed by atoms with Gasteiger partial charge in [0.05, 0.1) is 5.41 Å². The van der Waals surface area contributed by atoms with Gasteiger partial charge < -0.3 is 0 Å². The monoisotopic (exact) mass is 454 g/mol. The lowest BCUT2D eigenvalue weighted by atomic mass is 9.48. The largest absolute Gasteiger partial charge is 0.298 e. The van der Waals surface area contributed by atoms with E-state index in [0.717, 1.165) is 44.1 Å². The molecule has 0 aromatic heterocycles. The summed E-state index contributed by atoms with van der Waals surface area (Å²) in [5, 5.41) is 0. The van der Waals surface area contributed by atoms with Gasteiger partial charge in [-0.3, -0.25) is 14.4 Å². The number of ketones is 3. The van der Waals surface area contributed by atoms with Crippen LogP contribution in [-0.2, 0) is 9.59 Å². The predicted molar refractivity (Wildman–Crippen MR) is 133 cm³/mol. The third-order valence-corrected chi connectivity index (χ3v) is 9.59. The number of carbonyl (C=O) groups excluding carboxylic acids is 3. The molecule has 176 valence electrons. The topological polar surface area (TPSA) is 51.2 Å². The average molecular weight is 455 g/mol. The Labute approximate surface area is 203 Å². The van der Waals surface area contributed by atoms with E-state index in [1.165, 1.54) is 22.3 Å². The third-order valence-electron chi connectivity index (χ3n) is 9.59. The van der Waals surface area contributed by atoms with Gasteiger partial charge in [-0.2, -0.15) is 0 Å². The summed E-state index contributed by atoms with van der Waals surface area (Å²) < 4.78 is 0. The quantitative estimate of drug-likeness (QED) is 0.393. The Morgan fingerprint density at radius 1 is 1.03 bits per heavy atom. The smallest absolute Gasteiger partial charge is 0.159 e. The van der Waals surface area contributed by atoms with E-state index in [4.69, 9.17) is 0 Å². The van der Waals surface area contributed by atoms with Crippen molar-refractivity contribution in [3.63, 3.8) is 0 Å². The minimum absolute atomic E-state index is 0.0698. The lowest BCUT2D eigenvalue weighted by molar-refractivity contribution is -0.130. The van der Waals surface area contributed by atoms with Crippen molar-refractivity contribution in [3.05, 3.63) is 58.2 Å². The maximum atomic E-state index is 13.2. The van der Waals surface area contributed by atoms with Crippen molar-refractivity contribution in [3.8, 4) is 11.8 Å². The van der Waals surface area contributed by atoms with E-state index in [1.54, 1.807) is 13.8 Å². The fourth-order valence-corrected chi connectivity index (χ4v) is 8.02. The number of hydrogen-bond acceptors (Lipinski definition) is 3. The molecule has 4 aliphatic rings. The molecule has 4 aliphatic carbocycles. The molecule has 1 aromatic rings. The van der Waals surface area contributed by atoms with Crippen LogP contribution in [0, 0.1) is 34.5 Å². The fourth-order valence-electron chi connectivity index (χ4n) is 8.02. The third kappa shape index (κ3) is 3.22. The highest BCUT2D eigenvalue weighted by Crippen LogP contribution is 2.69. The van der Waals surface area contributed by atoms with E-state index in [-0.39, 0.29) is 28.7 Å².